The Balaban J connectivity index is 1.38. The smallest absolute Gasteiger partial charge is 0.411 e. The molecule has 0 aromatic carbocycles. The summed E-state index contributed by atoms with van der Waals surface area (Å²) in [7, 11) is 3.83. The number of oxime groups is 1. The SMILES string of the molecule is CC[C@H]1OC(=O)[C@H](C)[C@H]2OCC3COC(C)(C[C@@H](C)C(=O)[C@H](C)[C@@H]4N(C/C3=N/OCc3ccnc5ncccc35)C(=O)OC41C)[C@H](O[C@@H]1O[C@H](C)C[C@H](N(C)C)[C@H]1O)[C@H]2C. The fourth-order valence-electron chi connectivity index (χ4n) is 10.5. The lowest BCUT2D eigenvalue weighted by Crippen LogP contribution is -2.61. The number of fused-ring (bicyclic) bond motifs is 6. The van der Waals surface area contributed by atoms with Crippen LogP contribution in [0.1, 0.15) is 80.2 Å². The van der Waals surface area contributed by atoms with E-state index in [1.807, 2.05) is 71.8 Å². The van der Waals surface area contributed by atoms with Crippen LogP contribution in [0.3, 0.4) is 0 Å². The van der Waals surface area contributed by atoms with E-state index >= 15 is 0 Å². The molecule has 2 aromatic heterocycles. The Morgan fingerprint density at radius 3 is 2.52 bits per heavy atom. The molecule has 2 aromatic rings. The molecule has 6 bridgehead atoms. The third-order valence-electron chi connectivity index (χ3n) is 13.8. The number of hydrogen-bond donors (Lipinski definition) is 1. The number of esters is 1. The van der Waals surface area contributed by atoms with E-state index in [1.165, 1.54) is 4.90 Å². The summed E-state index contributed by atoms with van der Waals surface area (Å²) in [6.45, 7) is 14.9. The summed E-state index contributed by atoms with van der Waals surface area (Å²) in [4.78, 5) is 61.9. The molecule has 3 unspecified atom stereocenters. The average molecular weight is 838 g/mol. The molecule has 7 heterocycles. The van der Waals surface area contributed by atoms with E-state index in [0.29, 0.717) is 24.2 Å². The first-order valence-electron chi connectivity index (χ1n) is 21.5. The number of cyclic esters (lactones) is 1. The molecule has 5 aliphatic heterocycles. The molecule has 0 spiro atoms. The number of nitrogens with zero attached hydrogens (tertiary/aromatic N) is 5. The average Bonchev–Trinajstić information content (AvgIpc) is 3.49. The van der Waals surface area contributed by atoms with Crippen LogP contribution in [0, 0.1) is 29.6 Å². The van der Waals surface area contributed by atoms with Crippen molar-refractivity contribution in [2.24, 2.45) is 34.7 Å². The Labute approximate surface area is 352 Å². The number of Topliss-reactive ketones (excluding diaryl/α,β-unsaturated/α-hetero) is 1. The van der Waals surface area contributed by atoms with Crippen LogP contribution < -0.4 is 0 Å². The quantitative estimate of drug-likeness (QED) is 0.303. The number of carbonyl (C=O) groups is 3. The van der Waals surface area contributed by atoms with Crippen molar-refractivity contribution in [1.82, 2.24) is 19.8 Å². The van der Waals surface area contributed by atoms with Crippen molar-refractivity contribution in [3.8, 4) is 0 Å². The molecule has 0 radical (unpaired) electrons. The van der Waals surface area contributed by atoms with Gasteiger partial charge in [-0.2, -0.15) is 0 Å². The zero-order valence-electron chi connectivity index (χ0n) is 36.6. The molecule has 0 aliphatic carbocycles. The predicted molar refractivity (Wildman–Crippen MR) is 218 cm³/mol. The minimum Gasteiger partial charge on any atom is -0.458 e. The van der Waals surface area contributed by atoms with Crippen molar-refractivity contribution in [3.63, 3.8) is 0 Å². The van der Waals surface area contributed by atoms with Gasteiger partial charge in [0.15, 0.2) is 17.5 Å². The number of aliphatic hydroxyl groups excluding tert-OH is 1. The molecule has 16 heteroatoms. The fraction of sp³-hybridized carbons (Fsp3) is 0.727. The summed E-state index contributed by atoms with van der Waals surface area (Å²) in [5.41, 5.74) is -0.785. The van der Waals surface area contributed by atoms with Crippen LogP contribution in [0.25, 0.3) is 11.0 Å². The summed E-state index contributed by atoms with van der Waals surface area (Å²) in [5, 5.41) is 17.3. The van der Waals surface area contributed by atoms with E-state index in [-0.39, 0.29) is 50.7 Å². The largest absolute Gasteiger partial charge is 0.458 e. The fourth-order valence-corrected chi connectivity index (χ4v) is 10.5. The third-order valence-corrected chi connectivity index (χ3v) is 13.8. The van der Waals surface area contributed by atoms with Crippen LogP contribution in [0.2, 0.25) is 0 Å². The highest BCUT2D eigenvalue weighted by Crippen LogP contribution is 2.45. The van der Waals surface area contributed by atoms with Crippen LogP contribution >= 0.6 is 0 Å². The molecule has 5 aliphatic rings. The predicted octanol–water partition coefficient (Wildman–Crippen LogP) is 4.54. The number of ketones is 1. The van der Waals surface area contributed by atoms with E-state index in [2.05, 4.69) is 9.97 Å². The number of aromatic nitrogens is 2. The van der Waals surface area contributed by atoms with Gasteiger partial charge in [-0.15, -0.1) is 0 Å². The van der Waals surface area contributed by atoms with Gasteiger partial charge in [0.25, 0.3) is 0 Å². The van der Waals surface area contributed by atoms with E-state index in [9.17, 15) is 19.5 Å². The van der Waals surface area contributed by atoms with Gasteiger partial charge in [-0.1, -0.05) is 32.9 Å². The maximum atomic E-state index is 14.9. The van der Waals surface area contributed by atoms with Crippen LogP contribution in [-0.2, 0) is 49.5 Å². The highest BCUT2D eigenvalue weighted by Gasteiger charge is 2.61. The molecular formula is C44H63N5O11. The minimum absolute atomic E-state index is 0.0304. The molecule has 0 saturated carbocycles. The number of pyridine rings is 2. The third kappa shape index (κ3) is 8.27. The van der Waals surface area contributed by atoms with Gasteiger partial charge in [0, 0.05) is 53.1 Å². The van der Waals surface area contributed by atoms with Crippen LogP contribution in [0.4, 0.5) is 4.79 Å². The first kappa shape index (κ1) is 44.3. The van der Waals surface area contributed by atoms with Crippen LogP contribution in [0.5, 0.6) is 0 Å². The molecule has 16 nitrogen and oxygen atoms in total. The number of hydrogen-bond acceptors (Lipinski definition) is 15. The van der Waals surface area contributed by atoms with Crippen LogP contribution in [-0.4, -0.2) is 142 Å². The highest BCUT2D eigenvalue weighted by atomic mass is 16.7. The summed E-state index contributed by atoms with van der Waals surface area (Å²) >= 11 is 0. The Hall–Kier alpha value is -3.80. The second-order valence-corrected chi connectivity index (χ2v) is 18.4. The van der Waals surface area contributed by atoms with Crippen molar-refractivity contribution >= 4 is 34.6 Å². The summed E-state index contributed by atoms with van der Waals surface area (Å²) in [6, 6.07) is 4.49. The zero-order valence-corrected chi connectivity index (χ0v) is 36.6. The van der Waals surface area contributed by atoms with Gasteiger partial charge in [-0.3, -0.25) is 14.5 Å². The lowest BCUT2D eigenvalue weighted by molar-refractivity contribution is -0.302. The summed E-state index contributed by atoms with van der Waals surface area (Å²) < 4.78 is 39.9. The Morgan fingerprint density at radius 2 is 1.78 bits per heavy atom. The number of amides is 1. The van der Waals surface area contributed by atoms with E-state index in [0.717, 1.165) is 10.9 Å². The van der Waals surface area contributed by atoms with Crippen molar-refractivity contribution < 1.29 is 52.7 Å². The zero-order chi connectivity index (χ0) is 43.3. The first-order chi connectivity index (χ1) is 28.5. The number of carbonyl (C=O) groups excluding carboxylic acids is 3. The molecule has 5 fully saturated rings. The number of aliphatic hydroxyl groups is 1. The van der Waals surface area contributed by atoms with E-state index < -0.39 is 89.6 Å². The molecular weight excluding hydrogens is 775 g/mol. The summed E-state index contributed by atoms with van der Waals surface area (Å²) in [6.07, 6.45) is -1.05. The van der Waals surface area contributed by atoms with Gasteiger partial charge in [-0.25, -0.2) is 14.8 Å². The minimum atomic E-state index is -1.40. The number of likely N-dealkylation sites (N-methyl/N-ethyl adjacent to an activating group) is 1. The maximum absolute atomic E-state index is 14.9. The monoisotopic (exact) mass is 837 g/mol. The van der Waals surface area contributed by atoms with Crippen molar-refractivity contribution in [2.75, 3.05) is 33.9 Å². The van der Waals surface area contributed by atoms with Gasteiger partial charge in [0.1, 0.15) is 24.6 Å². The van der Waals surface area contributed by atoms with Crippen molar-refractivity contribution in [2.45, 2.75) is 141 Å². The molecule has 7 rings (SSSR count). The number of rotatable bonds is 7. The molecule has 60 heavy (non-hydrogen) atoms. The van der Waals surface area contributed by atoms with Crippen molar-refractivity contribution in [3.05, 3.63) is 36.2 Å². The molecule has 5 saturated heterocycles. The van der Waals surface area contributed by atoms with E-state index in [4.69, 9.17) is 38.4 Å². The molecule has 1 N–H and O–H groups in total. The normalized spacial score (nSPS) is 41.1. The van der Waals surface area contributed by atoms with Gasteiger partial charge < -0.3 is 43.3 Å². The molecule has 1 amide bonds. The highest BCUT2D eigenvalue weighted by molar-refractivity contribution is 5.92. The van der Waals surface area contributed by atoms with Gasteiger partial charge in [0.05, 0.1) is 61.3 Å². The lowest BCUT2D eigenvalue weighted by atomic mass is 9.73. The standard InChI is InChI=1S/C44H63N5O11/c1-11-33-44(8)37-25(4)34(50)23(2)18-43(7)38(59-41-35(51)32(48(9)10)17-24(3)57-41)26(5)36(27(6)40(52)58-33)54-20-29(21-55-43)31(19-49(37)42(53)60-44)47-56-22-28-14-16-46-39-30(28)13-12-15-45-39/h12-16,23-27,29,32-33,35-38,41,51H,11,17-22H2,1-10H3/b47-31-/t23-,24-,25+,26+,27-,29?,32+,33-,35-,36+,37+,38-,41+,43?,44?/m1/s1. The number of ether oxygens (including phenoxy) is 6. The second kappa shape index (κ2) is 17.5. The maximum Gasteiger partial charge on any atom is 0.411 e. The molecule has 330 valence electrons. The lowest BCUT2D eigenvalue weighted by Gasteiger charge is -2.48. The Kier molecular flexibility index (Phi) is 12.9. The topological polar surface area (TPSA) is 181 Å². The Bertz CT molecular complexity index is 1930. The Morgan fingerprint density at radius 1 is 1.03 bits per heavy atom. The van der Waals surface area contributed by atoms with Crippen molar-refractivity contribution in [1.29, 1.82) is 0 Å². The van der Waals surface area contributed by atoms with E-state index in [1.54, 1.807) is 33.2 Å². The first-order valence-corrected chi connectivity index (χ1v) is 21.5. The van der Waals surface area contributed by atoms with Gasteiger partial charge in [-0.05, 0) is 79.3 Å². The second-order valence-electron chi connectivity index (χ2n) is 18.4. The van der Waals surface area contributed by atoms with Gasteiger partial charge in [0.2, 0.25) is 0 Å². The summed E-state index contributed by atoms with van der Waals surface area (Å²) in [5.74, 6) is -4.03. The van der Waals surface area contributed by atoms with Crippen LogP contribution in [0.15, 0.2) is 35.7 Å². The molecule has 15 atom stereocenters. The van der Waals surface area contributed by atoms with Gasteiger partial charge >= 0.3 is 12.1 Å².